The number of nitrogens with zero attached hydrogens (tertiary/aromatic N) is 4. The first-order valence-electron chi connectivity index (χ1n) is 10.3. The lowest BCUT2D eigenvalue weighted by Gasteiger charge is -2.31. The van der Waals surface area contributed by atoms with Crippen LogP contribution in [0, 0.1) is 5.92 Å². The zero-order valence-corrected chi connectivity index (χ0v) is 18.3. The Labute approximate surface area is 183 Å². The van der Waals surface area contributed by atoms with Crippen molar-refractivity contribution in [3.63, 3.8) is 0 Å². The number of hydrogen-bond donors (Lipinski definition) is 2. The first kappa shape index (κ1) is 21.5. The number of aliphatic hydroxyl groups excluding tert-OH is 1. The fourth-order valence-electron chi connectivity index (χ4n) is 3.83. The number of piperidine rings is 1. The molecule has 0 radical (unpaired) electrons. The zero-order chi connectivity index (χ0) is 22.1. The van der Waals surface area contributed by atoms with E-state index in [4.69, 9.17) is 16.3 Å². The number of benzene rings is 1. The number of nitrogens with one attached hydrogen (secondary N) is 1. The second-order valence-corrected chi connectivity index (χ2v) is 8.54. The third kappa shape index (κ3) is 4.47. The van der Waals surface area contributed by atoms with Crippen molar-refractivity contribution >= 4 is 28.7 Å². The topological polar surface area (TPSA) is 105 Å². The number of aliphatic hydroxyl groups is 1. The molecule has 3 heterocycles. The number of H-pyrrole nitrogens is 1. The van der Waals surface area contributed by atoms with E-state index in [1.807, 2.05) is 0 Å². The lowest BCUT2D eigenvalue weighted by atomic mass is 10.00. The SMILES string of the molecule is CC1CCN(c2nc3c(c(=O)[nH]c(=O)n3C)n2C[C@H](O)COc2ccc(Cl)cc2)CC1. The number of aromatic nitrogens is 4. The highest BCUT2D eigenvalue weighted by Crippen LogP contribution is 2.25. The van der Waals surface area contributed by atoms with Crippen molar-refractivity contribution in [2.45, 2.75) is 32.4 Å². The zero-order valence-electron chi connectivity index (χ0n) is 17.5. The number of fused-ring (bicyclic) bond motifs is 1. The van der Waals surface area contributed by atoms with E-state index in [2.05, 4.69) is 21.8 Å². The first-order valence-corrected chi connectivity index (χ1v) is 10.7. The summed E-state index contributed by atoms with van der Waals surface area (Å²) in [7, 11) is 1.57. The quantitative estimate of drug-likeness (QED) is 0.596. The Morgan fingerprint density at radius 2 is 1.94 bits per heavy atom. The molecular formula is C21H26ClN5O4. The summed E-state index contributed by atoms with van der Waals surface area (Å²) in [6.07, 6.45) is 1.13. The van der Waals surface area contributed by atoms with Gasteiger partial charge in [0.15, 0.2) is 11.2 Å². The molecule has 2 aromatic heterocycles. The number of aryl methyl sites for hydroxylation is 1. The number of imidazole rings is 1. The molecule has 1 atom stereocenters. The molecule has 0 saturated carbocycles. The number of aromatic amines is 1. The Balaban J connectivity index is 1.65. The molecule has 3 aromatic rings. The molecule has 1 aliphatic heterocycles. The van der Waals surface area contributed by atoms with E-state index in [0.717, 1.165) is 25.9 Å². The van der Waals surface area contributed by atoms with Gasteiger partial charge in [-0.25, -0.2) is 4.79 Å². The Kier molecular flexibility index (Phi) is 6.06. The van der Waals surface area contributed by atoms with Gasteiger partial charge in [0.1, 0.15) is 18.5 Å². The van der Waals surface area contributed by atoms with Crippen molar-refractivity contribution < 1.29 is 9.84 Å². The van der Waals surface area contributed by atoms with Gasteiger partial charge in [-0.05, 0) is 43.0 Å². The van der Waals surface area contributed by atoms with Crippen molar-refractivity contribution in [2.75, 3.05) is 24.6 Å². The molecule has 0 unspecified atom stereocenters. The second-order valence-electron chi connectivity index (χ2n) is 8.10. The molecule has 0 spiro atoms. The van der Waals surface area contributed by atoms with Gasteiger partial charge in [0.25, 0.3) is 5.56 Å². The predicted molar refractivity (Wildman–Crippen MR) is 119 cm³/mol. The molecule has 1 aromatic carbocycles. The number of ether oxygens (including phenoxy) is 1. The fourth-order valence-corrected chi connectivity index (χ4v) is 3.96. The molecule has 10 heteroatoms. The largest absolute Gasteiger partial charge is 0.491 e. The van der Waals surface area contributed by atoms with Gasteiger partial charge in [-0.2, -0.15) is 4.98 Å². The average Bonchev–Trinajstić information content (AvgIpc) is 3.12. The summed E-state index contributed by atoms with van der Waals surface area (Å²) in [5, 5.41) is 11.3. The van der Waals surface area contributed by atoms with Crippen LogP contribution < -0.4 is 20.9 Å². The Morgan fingerprint density at radius 3 is 2.61 bits per heavy atom. The van der Waals surface area contributed by atoms with Gasteiger partial charge in [0, 0.05) is 25.2 Å². The molecule has 9 nitrogen and oxygen atoms in total. The lowest BCUT2D eigenvalue weighted by molar-refractivity contribution is 0.0936. The molecule has 31 heavy (non-hydrogen) atoms. The molecule has 0 bridgehead atoms. The van der Waals surface area contributed by atoms with E-state index < -0.39 is 17.4 Å². The maximum Gasteiger partial charge on any atom is 0.329 e. The monoisotopic (exact) mass is 447 g/mol. The van der Waals surface area contributed by atoms with E-state index in [-0.39, 0.29) is 18.7 Å². The standard InChI is InChI=1S/C21H26ClN5O4/c1-13-7-9-26(10-8-13)20-23-18-17(19(29)24-21(30)25(18)2)27(20)11-15(28)12-31-16-5-3-14(22)4-6-16/h3-6,13,15,28H,7-12H2,1-2H3,(H,24,29,30)/t15-/m0/s1. The molecule has 166 valence electrons. The predicted octanol–water partition coefficient (Wildman–Crippen LogP) is 1.75. The minimum absolute atomic E-state index is 0.0292. The first-order chi connectivity index (χ1) is 14.8. The molecule has 0 amide bonds. The van der Waals surface area contributed by atoms with Crippen LogP contribution in [0.4, 0.5) is 5.95 Å². The van der Waals surface area contributed by atoms with Crippen LogP contribution >= 0.6 is 11.6 Å². The van der Waals surface area contributed by atoms with E-state index >= 15 is 0 Å². The summed E-state index contributed by atoms with van der Waals surface area (Å²) in [6.45, 7) is 3.95. The van der Waals surface area contributed by atoms with E-state index in [1.165, 1.54) is 4.57 Å². The van der Waals surface area contributed by atoms with E-state index in [1.54, 1.807) is 35.9 Å². The van der Waals surface area contributed by atoms with Gasteiger partial charge >= 0.3 is 5.69 Å². The Hall–Kier alpha value is -2.78. The highest BCUT2D eigenvalue weighted by Gasteiger charge is 2.25. The summed E-state index contributed by atoms with van der Waals surface area (Å²) in [5.41, 5.74) is -0.477. The summed E-state index contributed by atoms with van der Waals surface area (Å²) in [5.74, 6) is 1.80. The molecular weight excluding hydrogens is 422 g/mol. The number of hydrogen-bond acceptors (Lipinski definition) is 6. The van der Waals surface area contributed by atoms with Crippen LogP contribution in [-0.4, -0.2) is 50.0 Å². The van der Waals surface area contributed by atoms with Crippen LogP contribution in [0.2, 0.25) is 5.02 Å². The Morgan fingerprint density at radius 1 is 1.26 bits per heavy atom. The van der Waals surface area contributed by atoms with Crippen LogP contribution in [0.5, 0.6) is 5.75 Å². The summed E-state index contributed by atoms with van der Waals surface area (Å²) in [4.78, 5) is 33.8. The second kappa shape index (κ2) is 8.76. The molecule has 0 aliphatic carbocycles. The van der Waals surface area contributed by atoms with Gasteiger partial charge < -0.3 is 19.3 Å². The molecule has 1 saturated heterocycles. The molecule has 2 N–H and O–H groups in total. The van der Waals surface area contributed by atoms with Gasteiger partial charge in [-0.15, -0.1) is 0 Å². The van der Waals surface area contributed by atoms with Crippen molar-refractivity contribution in [3.8, 4) is 5.75 Å². The normalized spacial score (nSPS) is 16.1. The molecule has 4 rings (SSSR count). The summed E-state index contributed by atoms with van der Waals surface area (Å²) < 4.78 is 8.67. The third-order valence-corrected chi connectivity index (χ3v) is 5.95. The number of anilines is 1. The van der Waals surface area contributed by atoms with Crippen molar-refractivity contribution in [1.82, 2.24) is 19.1 Å². The smallest absolute Gasteiger partial charge is 0.329 e. The number of halogens is 1. The highest BCUT2D eigenvalue weighted by atomic mass is 35.5. The maximum atomic E-state index is 12.6. The average molecular weight is 448 g/mol. The van der Waals surface area contributed by atoms with Gasteiger partial charge in [0.2, 0.25) is 5.95 Å². The van der Waals surface area contributed by atoms with Gasteiger partial charge in [-0.1, -0.05) is 18.5 Å². The highest BCUT2D eigenvalue weighted by molar-refractivity contribution is 6.30. The Bertz CT molecular complexity index is 1180. The van der Waals surface area contributed by atoms with Crippen LogP contribution in [0.15, 0.2) is 33.9 Å². The van der Waals surface area contributed by atoms with Crippen LogP contribution in [-0.2, 0) is 13.6 Å². The van der Waals surface area contributed by atoms with Gasteiger partial charge in [0.05, 0.1) is 6.54 Å². The van der Waals surface area contributed by atoms with Crippen LogP contribution in [0.25, 0.3) is 11.2 Å². The van der Waals surface area contributed by atoms with Crippen LogP contribution in [0.1, 0.15) is 19.8 Å². The minimum atomic E-state index is -0.896. The van der Waals surface area contributed by atoms with E-state index in [9.17, 15) is 14.7 Å². The summed E-state index contributed by atoms with van der Waals surface area (Å²) in [6, 6.07) is 6.87. The number of rotatable bonds is 6. The lowest BCUT2D eigenvalue weighted by Crippen LogP contribution is -2.36. The third-order valence-electron chi connectivity index (χ3n) is 5.70. The van der Waals surface area contributed by atoms with Crippen molar-refractivity contribution in [1.29, 1.82) is 0 Å². The van der Waals surface area contributed by atoms with E-state index in [0.29, 0.717) is 28.3 Å². The maximum absolute atomic E-state index is 12.6. The summed E-state index contributed by atoms with van der Waals surface area (Å²) >= 11 is 5.89. The molecule has 1 aliphatic rings. The van der Waals surface area contributed by atoms with Crippen LogP contribution in [0.3, 0.4) is 0 Å². The fraction of sp³-hybridized carbons (Fsp3) is 0.476. The molecule has 1 fully saturated rings. The van der Waals surface area contributed by atoms with Crippen molar-refractivity contribution in [2.24, 2.45) is 13.0 Å². The van der Waals surface area contributed by atoms with Gasteiger partial charge in [-0.3, -0.25) is 14.3 Å². The minimum Gasteiger partial charge on any atom is -0.491 e. The van der Waals surface area contributed by atoms with Crippen molar-refractivity contribution in [3.05, 3.63) is 50.1 Å².